The summed E-state index contributed by atoms with van der Waals surface area (Å²) >= 11 is 0. The van der Waals surface area contributed by atoms with Crippen LogP contribution in [0.25, 0.3) is 0 Å². The number of amides is 1. The van der Waals surface area contributed by atoms with Gasteiger partial charge in [0.2, 0.25) is 5.91 Å². The molecule has 2 aromatic rings. The van der Waals surface area contributed by atoms with Crippen molar-refractivity contribution in [1.82, 2.24) is 20.5 Å². The van der Waals surface area contributed by atoms with Crippen LogP contribution in [-0.2, 0) is 30.5 Å². The highest BCUT2D eigenvalue weighted by Crippen LogP contribution is 2.22. The van der Waals surface area contributed by atoms with E-state index in [0.29, 0.717) is 19.4 Å². The van der Waals surface area contributed by atoms with Crippen LogP contribution in [0.3, 0.4) is 0 Å². The highest BCUT2D eigenvalue weighted by molar-refractivity contribution is 5.78. The van der Waals surface area contributed by atoms with Crippen molar-refractivity contribution >= 4 is 5.91 Å². The maximum atomic E-state index is 11.9. The Labute approximate surface area is 117 Å². The number of rotatable bonds is 5. The van der Waals surface area contributed by atoms with Gasteiger partial charge in [-0.05, 0) is 36.0 Å². The van der Waals surface area contributed by atoms with Gasteiger partial charge >= 0.3 is 0 Å². The van der Waals surface area contributed by atoms with Crippen LogP contribution in [0.15, 0.2) is 24.5 Å². The molecule has 5 nitrogen and oxygen atoms in total. The number of nitrogens with zero attached hydrogens (tertiary/aromatic N) is 2. The van der Waals surface area contributed by atoms with Crippen LogP contribution in [0.4, 0.5) is 0 Å². The summed E-state index contributed by atoms with van der Waals surface area (Å²) in [6, 6.07) is 6.41. The molecule has 1 aliphatic rings. The third-order valence-corrected chi connectivity index (χ3v) is 3.68. The molecule has 0 spiro atoms. The quantitative estimate of drug-likeness (QED) is 0.857. The van der Waals surface area contributed by atoms with E-state index in [9.17, 15) is 4.79 Å². The Balaban J connectivity index is 1.49. The number of aromatic nitrogens is 3. The van der Waals surface area contributed by atoms with Gasteiger partial charge in [0, 0.05) is 13.0 Å². The number of carbonyl (C=O) groups excluding carboxylic acids is 1. The molecule has 0 aliphatic heterocycles. The van der Waals surface area contributed by atoms with Gasteiger partial charge in [-0.1, -0.05) is 18.2 Å². The lowest BCUT2D eigenvalue weighted by Gasteiger charge is -2.06. The predicted octanol–water partition coefficient (Wildman–Crippen LogP) is 1.19. The smallest absolute Gasteiger partial charge is 0.224 e. The molecular formula is C15H18N4O. The number of hydrogen-bond donors (Lipinski definition) is 2. The first kappa shape index (κ1) is 12.8. The molecule has 104 valence electrons. The van der Waals surface area contributed by atoms with Crippen molar-refractivity contribution in [2.24, 2.45) is 0 Å². The molecule has 0 bridgehead atoms. The van der Waals surface area contributed by atoms with E-state index in [1.54, 1.807) is 0 Å². The third kappa shape index (κ3) is 3.04. The van der Waals surface area contributed by atoms with Crippen molar-refractivity contribution in [2.75, 3.05) is 6.54 Å². The van der Waals surface area contributed by atoms with Crippen LogP contribution in [0.1, 0.15) is 28.9 Å². The molecule has 0 unspecified atom stereocenters. The van der Waals surface area contributed by atoms with E-state index in [4.69, 9.17) is 0 Å². The fourth-order valence-electron chi connectivity index (χ4n) is 2.65. The summed E-state index contributed by atoms with van der Waals surface area (Å²) in [4.78, 5) is 15.9. The Kier molecular flexibility index (Phi) is 3.76. The summed E-state index contributed by atoms with van der Waals surface area (Å²) in [6.07, 6.45) is 6.17. The maximum Gasteiger partial charge on any atom is 0.224 e. The molecular weight excluding hydrogens is 252 g/mol. The van der Waals surface area contributed by atoms with Gasteiger partial charge in [0.05, 0.1) is 6.42 Å². The number of carbonyl (C=O) groups is 1. The molecule has 3 rings (SSSR count). The number of fused-ring (bicyclic) bond motifs is 1. The summed E-state index contributed by atoms with van der Waals surface area (Å²) in [6.45, 7) is 0.582. The van der Waals surface area contributed by atoms with Gasteiger partial charge in [-0.15, -0.1) is 0 Å². The zero-order chi connectivity index (χ0) is 13.8. The molecule has 0 atom stereocenters. The predicted molar refractivity (Wildman–Crippen MR) is 75.3 cm³/mol. The molecule has 1 aromatic heterocycles. The van der Waals surface area contributed by atoms with Crippen LogP contribution >= 0.6 is 0 Å². The molecule has 20 heavy (non-hydrogen) atoms. The van der Waals surface area contributed by atoms with Gasteiger partial charge in [0.15, 0.2) is 0 Å². The average molecular weight is 270 g/mol. The second-order valence-corrected chi connectivity index (χ2v) is 5.17. The number of aryl methyl sites for hydroxylation is 2. The number of aromatic amines is 1. The van der Waals surface area contributed by atoms with Crippen LogP contribution in [0, 0.1) is 0 Å². The fourth-order valence-corrected chi connectivity index (χ4v) is 2.65. The van der Waals surface area contributed by atoms with E-state index in [1.807, 2.05) is 0 Å². The van der Waals surface area contributed by atoms with Crippen LogP contribution in [0.2, 0.25) is 0 Å². The second kappa shape index (κ2) is 5.86. The van der Waals surface area contributed by atoms with E-state index >= 15 is 0 Å². The maximum absolute atomic E-state index is 11.9. The van der Waals surface area contributed by atoms with Gasteiger partial charge in [-0.2, -0.15) is 5.10 Å². The van der Waals surface area contributed by atoms with Gasteiger partial charge in [0.1, 0.15) is 12.2 Å². The summed E-state index contributed by atoms with van der Waals surface area (Å²) in [5, 5.41) is 9.46. The first-order valence-corrected chi connectivity index (χ1v) is 7.03. The molecule has 0 radical (unpaired) electrons. The Bertz CT molecular complexity index is 592. The topological polar surface area (TPSA) is 70.7 Å². The number of nitrogens with one attached hydrogen (secondary N) is 2. The van der Waals surface area contributed by atoms with Crippen molar-refractivity contribution in [3.05, 3.63) is 47.0 Å². The Hall–Kier alpha value is -2.17. The normalized spacial score (nSPS) is 13.2. The zero-order valence-electron chi connectivity index (χ0n) is 11.4. The minimum absolute atomic E-state index is 0.0578. The lowest BCUT2D eigenvalue weighted by atomic mass is 10.0. The molecule has 5 heteroatoms. The average Bonchev–Trinajstić information content (AvgIpc) is 3.08. The number of benzene rings is 1. The highest BCUT2D eigenvalue weighted by Gasteiger charge is 2.12. The standard InChI is InChI=1S/C15H18N4O/c20-15(16-7-6-14-17-10-18-19-14)9-11-4-5-12-2-1-3-13(12)8-11/h4-5,8,10H,1-3,6-7,9H2,(H,16,20)(H,17,18,19). The van der Waals surface area contributed by atoms with Crippen LogP contribution in [0.5, 0.6) is 0 Å². The summed E-state index contributed by atoms with van der Waals surface area (Å²) in [7, 11) is 0. The van der Waals surface area contributed by atoms with Crippen molar-refractivity contribution in [2.45, 2.75) is 32.1 Å². The Morgan fingerprint density at radius 3 is 3.05 bits per heavy atom. The third-order valence-electron chi connectivity index (χ3n) is 3.68. The summed E-state index contributed by atoms with van der Waals surface area (Å²) in [5.41, 5.74) is 3.96. The van der Waals surface area contributed by atoms with Gasteiger partial charge in [0.25, 0.3) is 0 Å². The van der Waals surface area contributed by atoms with E-state index in [2.05, 4.69) is 38.7 Å². The first-order chi connectivity index (χ1) is 9.81. The zero-order valence-corrected chi connectivity index (χ0v) is 11.4. The molecule has 1 aliphatic carbocycles. The van der Waals surface area contributed by atoms with Crippen molar-refractivity contribution in [3.8, 4) is 0 Å². The van der Waals surface area contributed by atoms with E-state index < -0.39 is 0 Å². The summed E-state index contributed by atoms with van der Waals surface area (Å²) in [5.74, 6) is 0.852. The van der Waals surface area contributed by atoms with Gasteiger partial charge < -0.3 is 5.32 Å². The Morgan fingerprint density at radius 2 is 2.20 bits per heavy atom. The van der Waals surface area contributed by atoms with Gasteiger partial charge in [-0.3, -0.25) is 9.89 Å². The molecule has 0 saturated carbocycles. The molecule has 0 fully saturated rings. The lowest BCUT2D eigenvalue weighted by Crippen LogP contribution is -2.27. The SMILES string of the molecule is O=C(Cc1ccc2c(c1)CCC2)NCCc1ncn[nH]1. The van der Waals surface area contributed by atoms with E-state index in [-0.39, 0.29) is 5.91 Å². The molecule has 1 aromatic carbocycles. The summed E-state index contributed by atoms with van der Waals surface area (Å²) < 4.78 is 0. The molecule has 2 N–H and O–H groups in total. The fraction of sp³-hybridized carbons (Fsp3) is 0.400. The van der Waals surface area contributed by atoms with Crippen molar-refractivity contribution < 1.29 is 4.79 Å². The highest BCUT2D eigenvalue weighted by atomic mass is 16.1. The van der Waals surface area contributed by atoms with Crippen LogP contribution in [-0.4, -0.2) is 27.6 Å². The van der Waals surface area contributed by atoms with Crippen LogP contribution < -0.4 is 5.32 Å². The first-order valence-electron chi connectivity index (χ1n) is 7.03. The second-order valence-electron chi connectivity index (χ2n) is 5.17. The number of hydrogen-bond acceptors (Lipinski definition) is 3. The molecule has 0 saturated heterocycles. The largest absolute Gasteiger partial charge is 0.355 e. The molecule has 1 heterocycles. The Morgan fingerprint density at radius 1 is 1.30 bits per heavy atom. The van der Waals surface area contributed by atoms with E-state index in [0.717, 1.165) is 17.8 Å². The molecule has 1 amide bonds. The van der Waals surface area contributed by atoms with Gasteiger partial charge in [-0.25, -0.2) is 4.98 Å². The van der Waals surface area contributed by atoms with Crippen molar-refractivity contribution in [3.63, 3.8) is 0 Å². The van der Waals surface area contributed by atoms with Crippen molar-refractivity contribution in [1.29, 1.82) is 0 Å². The van der Waals surface area contributed by atoms with E-state index in [1.165, 1.54) is 30.3 Å². The monoisotopic (exact) mass is 270 g/mol. The minimum atomic E-state index is 0.0578. The lowest BCUT2D eigenvalue weighted by molar-refractivity contribution is -0.120. The minimum Gasteiger partial charge on any atom is -0.355 e. The number of H-pyrrole nitrogens is 1.